The number of aromatic nitrogens is 3. The molecule has 0 atom stereocenters. The number of nitrogens with one attached hydrogen (secondary N) is 2. The van der Waals surface area contributed by atoms with E-state index in [2.05, 4.69) is 20.7 Å². The number of hydrogen-bond acceptors (Lipinski definition) is 3. The molecular weight excluding hydrogens is 128 g/mol. The lowest BCUT2D eigenvalue weighted by molar-refractivity contribution is 0.713. The number of rotatable bonds is 4. The largest absolute Gasteiger partial charge is 0.320 e. The van der Waals surface area contributed by atoms with Crippen LogP contribution in [-0.2, 0) is 6.42 Å². The number of H-pyrrole nitrogens is 1. The van der Waals surface area contributed by atoms with Gasteiger partial charge in [-0.15, -0.1) is 0 Å². The van der Waals surface area contributed by atoms with Gasteiger partial charge in [0.15, 0.2) is 0 Å². The van der Waals surface area contributed by atoms with Gasteiger partial charge in [-0.1, -0.05) is 0 Å². The van der Waals surface area contributed by atoms with E-state index >= 15 is 0 Å². The molecule has 1 aromatic rings. The molecule has 1 rings (SSSR count). The van der Waals surface area contributed by atoms with Crippen LogP contribution in [0.5, 0.6) is 0 Å². The van der Waals surface area contributed by atoms with Crippen molar-refractivity contribution < 1.29 is 0 Å². The fraction of sp³-hybridized carbons (Fsp3) is 0.667. The number of aromatic amines is 1. The molecule has 0 saturated heterocycles. The summed E-state index contributed by atoms with van der Waals surface area (Å²) in [6, 6.07) is 0. The van der Waals surface area contributed by atoms with Crippen LogP contribution in [0.2, 0.25) is 0 Å². The number of aryl methyl sites for hydroxylation is 1. The predicted octanol–water partition coefficient (Wildman–Crippen LogP) is -0.0433. The van der Waals surface area contributed by atoms with E-state index < -0.39 is 0 Å². The maximum absolute atomic E-state index is 3.92. The van der Waals surface area contributed by atoms with Gasteiger partial charge in [0.1, 0.15) is 0 Å². The zero-order valence-corrected chi connectivity index (χ0v) is 6.09. The molecule has 0 aliphatic heterocycles. The smallest absolute Gasteiger partial charge is 0.0825 e. The van der Waals surface area contributed by atoms with Crippen molar-refractivity contribution in [2.75, 3.05) is 13.6 Å². The third kappa shape index (κ3) is 2.14. The molecule has 0 aliphatic carbocycles. The van der Waals surface area contributed by atoms with E-state index in [0.29, 0.717) is 0 Å². The molecular formula is C6H12N4. The normalized spacial score (nSPS) is 10.1. The molecule has 0 amide bonds. The van der Waals surface area contributed by atoms with Crippen LogP contribution in [0.3, 0.4) is 0 Å². The molecule has 1 heterocycles. The Morgan fingerprint density at radius 1 is 1.70 bits per heavy atom. The molecule has 0 spiro atoms. The molecule has 0 aliphatic rings. The number of nitrogens with zero attached hydrogens (tertiary/aromatic N) is 2. The van der Waals surface area contributed by atoms with E-state index in [0.717, 1.165) is 25.1 Å². The monoisotopic (exact) mass is 140 g/mol. The van der Waals surface area contributed by atoms with Crippen LogP contribution in [0.4, 0.5) is 0 Å². The summed E-state index contributed by atoms with van der Waals surface area (Å²) < 4.78 is 0. The summed E-state index contributed by atoms with van der Waals surface area (Å²) in [5.41, 5.74) is 1.04. The van der Waals surface area contributed by atoms with E-state index in [9.17, 15) is 0 Å². The number of hydrogen-bond donors (Lipinski definition) is 2. The maximum Gasteiger partial charge on any atom is 0.0825 e. The quantitative estimate of drug-likeness (QED) is 0.577. The van der Waals surface area contributed by atoms with Gasteiger partial charge in [-0.25, -0.2) is 0 Å². The van der Waals surface area contributed by atoms with Crippen molar-refractivity contribution in [2.24, 2.45) is 0 Å². The summed E-state index contributed by atoms with van der Waals surface area (Å²) in [7, 11) is 1.95. The first-order valence-electron chi connectivity index (χ1n) is 3.42. The van der Waals surface area contributed by atoms with Gasteiger partial charge >= 0.3 is 0 Å². The summed E-state index contributed by atoms with van der Waals surface area (Å²) >= 11 is 0. The van der Waals surface area contributed by atoms with Gasteiger partial charge in [-0.2, -0.15) is 15.4 Å². The molecule has 4 nitrogen and oxygen atoms in total. The standard InChI is InChI=1S/C6H12N4/c1-7-4-2-3-6-5-8-10-9-6/h5,7H,2-4H2,1H3,(H,8,9,10). The first-order valence-corrected chi connectivity index (χ1v) is 3.42. The topological polar surface area (TPSA) is 53.6 Å². The highest BCUT2D eigenvalue weighted by Crippen LogP contribution is 1.92. The van der Waals surface area contributed by atoms with Crippen molar-refractivity contribution in [1.82, 2.24) is 20.7 Å². The summed E-state index contributed by atoms with van der Waals surface area (Å²) in [6.45, 7) is 1.03. The molecule has 10 heavy (non-hydrogen) atoms. The van der Waals surface area contributed by atoms with Crippen molar-refractivity contribution in [3.63, 3.8) is 0 Å². The highest BCUT2D eigenvalue weighted by Gasteiger charge is 1.92. The van der Waals surface area contributed by atoms with Gasteiger partial charge in [0, 0.05) is 0 Å². The molecule has 4 heteroatoms. The highest BCUT2D eigenvalue weighted by molar-refractivity contribution is 4.89. The average Bonchev–Trinajstić information content (AvgIpc) is 2.41. The van der Waals surface area contributed by atoms with Crippen molar-refractivity contribution in [1.29, 1.82) is 0 Å². The molecule has 0 bridgehead atoms. The van der Waals surface area contributed by atoms with Crippen LogP contribution < -0.4 is 5.32 Å². The highest BCUT2D eigenvalue weighted by atomic mass is 15.3. The SMILES string of the molecule is CNCCCc1cn[nH]n1. The Morgan fingerprint density at radius 2 is 2.60 bits per heavy atom. The summed E-state index contributed by atoms with van der Waals surface area (Å²) in [4.78, 5) is 0. The molecule has 0 fully saturated rings. The lowest BCUT2D eigenvalue weighted by Gasteiger charge is -1.93. The van der Waals surface area contributed by atoms with E-state index in [1.165, 1.54) is 0 Å². The van der Waals surface area contributed by atoms with E-state index in [4.69, 9.17) is 0 Å². The van der Waals surface area contributed by atoms with Gasteiger partial charge in [0.05, 0.1) is 11.9 Å². The van der Waals surface area contributed by atoms with Crippen LogP contribution in [0.1, 0.15) is 12.1 Å². The van der Waals surface area contributed by atoms with Crippen LogP contribution in [0.15, 0.2) is 6.20 Å². The first kappa shape index (κ1) is 7.21. The van der Waals surface area contributed by atoms with E-state index in [-0.39, 0.29) is 0 Å². The molecule has 1 aromatic heterocycles. The van der Waals surface area contributed by atoms with Crippen LogP contribution in [0.25, 0.3) is 0 Å². The Balaban J connectivity index is 2.15. The van der Waals surface area contributed by atoms with Crippen LogP contribution >= 0.6 is 0 Å². The summed E-state index contributed by atoms with van der Waals surface area (Å²) in [5, 5.41) is 13.3. The fourth-order valence-corrected chi connectivity index (χ4v) is 0.792. The second-order valence-electron chi connectivity index (χ2n) is 2.17. The predicted molar refractivity (Wildman–Crippen MR) is 38.6 cm³/mol. The first-order chi connectivity index (χ1) is 4.93. The Labute approximate surface area is 60.0 Å². The second-order valence-corrected chi connectivity index (χ2v) is 2.17. The van der Waals surface area contributed by atoms with E-state index in [1.54, 1.807) is 6.20 Å². The molecule has 0 aromatic carbocycles. The van der Waals surface area contributed by atoms with Gasteiger partial charge in [0.25, 0.3) is 0 Å². The fourth-order valence-electron chi connectivity index (χ4n) is 0.792. The molecule has 56 valence electrons. The Morgan fingerprint density at radius 3 is 3.20 bits per heavy atom. The Hall–Kier alpha value is -0.900. The third-order valence-corrected chi connectivity index (χ3v) is 1.32. The van der Waals surface area contributed by atoms with Crippen molar-refractivity contribution in [3.05, 3.63) is 11.9 Å². The van der Waals surface area contributed by atoms with Gasteiger partial charge < -0.3 is 5.32 Å². The van der Waals surface area contributed by atoms with Crippen molar-refractivity contribution >= 4 is 0 Å². The molecule has 0 radical (unpaired) electrons. The molecule has 0 unspecified atom stereocenters. The minimum Gasteiger partial charge on any atom is -0.320 e. The van der Waals surface area contributed by atoms with Gasteiger partial charge in [0.2, 0.25) is 0 Å². The van der Waals surface area contributed by atoms with Gasteiger partial charge in [-0.3, -0.25) is 0 Å². The molecule has 2 N–H and O–H groups in total. The lowest BCUT2D eigenvalue weighted by Crippen LogP contribution is -2.08. The van der Waals surface area contributed by atoms with Gasteiger partial charge in [-0.05, 0) is 26.4 Å². The minimum absolute atomic E-state index is 0.997. The summed E-state index contributed by atoms with van der Waals surface area (Å²) in [6.07, 6.45) is 3.87. The van der Waals surface area contributed by atoms with Crippen LogP contribution in [0, 0.1) is 0 Å². The van der Waals surface area contributed by atoms with Crippen molar-refractivity contribution in [3.8, 4) is 0 Å². The summed E-state index contributed by atoms with van der Waals surface area (Å²) in [5.74, 6) is 0. The lowest BCUT2D eigenvalue weighted by atomic mass is 10.2. The maximum atomic E-state index is 3.92. The Kier molecular flexibility index (Phi) is 2.89. The third-order valence-electron chi connectivity index (χ3n) is 1.32. The van der Waals surface area contributed by atoms with E-state index in [1.807, 2.05) is 7.05 Å². The second kappa shape index (κ2) is 4.00. The Bertz CT molecular complexity index is 158. The minimum atomic E-state index is 0.997. The zero-order chi connectivity index (χ0) is 7.23. The zero-order valence-electron chi connectivity index (χ0n) is 6.09. The van der Waals surface area contributed by atoms with Crippen LogP contribution in [-0.4, -0.2) is 29.0 Å². The van der Waals surface area contributed by atoms with Crippen molar-refractivity contribution in [2.45, 2.75) is 12.8 Å². The average molecular weight is 140 g/mol. The molecule has 0 saturated carbocycles.